The lowest BCUT2D eigenvalue weighted by Crippen LogP contribution is -2.14. The van der Waals surface area contributed by atoms with E-state index in [1.165, 1.54) is 12.4 Å². The fraction of sp³-hybridized carbons (Fsp3) is 0. The van der Waals surface area contributed by atoms with Crippen molar-refractivity contribution in [3.05, 3.63) is 75.6 Å². The summed E-state index contributed by atoms with van der Waals surface area (Å²) in [5, 5.41) is 7.14. The molecule has 0 unspecified atom stereocenters. The molecular weight excluding hydrogens is 383 g/mol. The molecule has 0 aliphatic heterocycles. The molecule has 0 aliphatic rings. The summed E-state index contributed by atoms with van der Waals surface area (Å²) in [4.78, 5) is 20.5. The van der Waals surface area contributed by atoms with Crippen molar-refractivity contribution in [2.45, 2.75) is 0 Å². The second-order valence-corrected chi connectivity index (χ2v) is 6.28. The van der Waals surface area contributed by atoms with E-state index in [1.54, 1.807) is 42.5 Å². The summed E-state index contributed by atoms with van der Waals surface area (Å²) < 4.78 is 0. The van der Waals surface area contributed by atoms with Gasteiger partial charge in [-0.2, -0.15) is 0 Å². The van der Waals surface area contributed by atoms with Gasteiger partial charge in [0.15, 0.2) is 0 Å². The Morgan fingerprint density at radius 3 is 2.28 bits per heavy atom. The molecule has 126 valence electrons. The number of benzene rings is 2. The van der Waals surface area contributed by atoms with Crippen molar-refractivity contribution in [2.24, 2.45) is 0 Å². The Morgan fingerprint density at radius 1 is 0.920 bits per heavy atom. The first-order chi connectivity index (χ1) is 12.0. The third-order valence-electron chi connectivity index (χ3n) is 3.14. The van der Waals surface area contributed by atoms with Crippen LogP contribution >= 0.6 is 34.8 Å². The van der Waals surface area contributed by atoms with Gasteiger partial charge in [0.25, 0.3) is 5.91 Å². The Kier molecular flexibility index (Phi) is 5.38. The third kappa shape index (κ3) is 4.60. The molecule has 25 heavy (non-hydrogen) atoms. The van der Waals surface area contributed by atoms with Crippen LogP contribution in [0.5, 0.6) is 0 Å². The van der Waals surface area contributed by atoms with Crippen molar-refractivity contribution >= 4 is 57.9 Å². The number of rotatable bonds is 4. The van der Waals surface area contributed by atoms with E-state index >= 15 is 0 Å². The minimum atomic E-state index is -0.405. The normalized spacial score (nSPS) is 10.4. The molecule has 0 bridgehead atoms. The molecule has 0 saturated carbocycles. The average molecular weight is 394 g/mol. The second kappa shape index (κ2) is 7.70. The fourth-order valence-electron chi connectivity index (χ4n) is 2.03. The predicted octanol–water partition coefficient (Wildman–Crippen LogP) is 5.43. The maximum absolute atomic E-state index is 12.2. The number of halogens is 3. The van der Waals surface area contributed by atoms with Crippen LogP contribution in [0.2, 0.25) is 15.1 Å². The van der Waals surface area contributed by atoms with Gasteiger partial charge in [-0.25, -0.2) is 9.97 Å². The highest BCUT2D eigenvalue weighted by molar-refractivity contribution is 6.35. The summed E-state index contributed by atoms with van der Waals surface area (Å²) >= 11 is 17.9. The minimum Gasteiger partial charge on any atom is -0.339 e. The molecular formula is C17H11Cl3N4O. The lowest BCUT2D eigenvalue weighted by atomic mass is 10.3. The Hall–Kier alpha value is -2.34. The fourth-order valence-corrected chi connectivity index (χ4v) is 2.74. The molecule has 1 aromatic heterocycles. The van der Waals surface area contributed by atoms with Crippen molar-refractivity contribution in [3.8, 4) is 0 Å². The standard InChI is InChI=1S/C17H11Cl3N4O/c18-10-5-11(19)7-12(6-10)23-16-9-21-15(8-22-16)17(25)24-14-4-2-1-3-13(14)20/h1-9H,(H,22,23)(H,24,25). The molecule has 1 heterocycles. The largest absolute Gasteiger partial charge is 0.339 e. The van der Waals surface area contributed by atoms with E-state index in [-0.39, 0.29) is 5.69 Å². The second-order valence-electron chi connectivity index (χ2n) is 5.00. The number of aromatic nitrogens is 2. The van der Waals surface area contributed by atoms with Crippen LogP contribution < -0.4 is 10.6 Å². The topological polar surface area (TPSA) is 66.9 Å². The zero-order valence-corrected chi connectivity index (χ0v) is 14.9. The molecule has 3 rings (SSSR count). The number of hydrogen-bond acceptors (Lipinski definition) is 4. The van der Waals surface area contributed by atoms with Crippen LogP contribution in [-0.2, 0) is 0 Å². The first kappa shape index (κ1) is 17.5. The summed E-state index contributed by atoms with van der Waals surface area (Å²) in [6.07, 6.45) is 2.80. The van der Waals surface area contributed by atoms with Gasteiger partial charge in [0.2, 0.25) is 0 Å². The van der Waals surface area contributed by atoms with Gasteiger partial charge in [-0.3, -0.25) is 4.79 Å². The molecule has 0 fully saturated rings. The van der Waals surface area contributed by atoms with Gasteiger partial charge in [-0.15, -0.1) is 0 Å². The SMILES string of the molecule is O=C(Nc1ccccc1Cl)c1cnc(Nc2cc(Cl)cc(Cl)c2)cn1. The van der Waals surface area contributed by atoms with Crippen LogP contribution in [0.15, 0.2) is 54.9 Å². The molecule has 0 spiro atoms. The van der Waals surface area contributed by atoms with Crippen LogP contribution in [0.4, 0.5) is 17.2 Å². The first-order valence-corrected chi connectivity index (χ1v) is 8.26. The van der Waals surface area contributed by atoms with Crippen molar-refractivity contribution < 1.29 is 4.79 Å². The van der Waals surface area contributed by atoms with Gasteiger partial charge in [0.05, 0.1) is 23.1 Å². The van der Waals surface area contributed by atoms with Gasteiger partial charge in [0, 0.05) is 15.7 Å². The zero-order valence-electron chi connectivity index (χ0n) is 12.6. The van der Waals surface area contributed by atoms with E-state index in [4.69, 9.17) is 34.8 Å². The maximum atomic E-state index is 12.2. The van der Waals surface area contributed by atoms with Crippen LogP contribution in [0.25, 0.3) is 0 Å². The minimum absolute atomic E-state index is 0.162. The lowest BCUT2D eigenvalue weighted by molar-refractivity contribution is 0.102. The highest BCUT2D eigenvalue weighted by atomic mass is 35.5. The van der Waals surface area contributed by atoms with Gasteiger partial charge in [0.1, 0.15) is 11.5 Å². The molecule has 5 nitrogen and oxygen atoms in total. The highest BCUT2D eigenvalue weighted by Crippen LogP contribution is 2.24. The van der Waals surface area contributed by atoms with Crippen LogP contribution in [0.1, 0.15) is 10.5 Å². The Morgan fingerprint density at radius 2 is 1.64 bits per heavy atom. The summed E-state index contributed by atoms with van der Waals surface area (Å²) in [7, 11) is 0. The summed E-state index contributed by atoms with van der Waals surface area (Å²) in [6, 6.07) is 12.0. The summed E-state index contributed by atoms with van der Waals surface area (Å²) in [5.41, 5.74) is 1.33. The van der Waals surface area contributed by atoms with Crippen LogP contribution in [0.3, 0.4) is 0 Å². The third-order valence-corrected chi connectivity index (χ3v) is 3.91. The van der Waals surface area contributed by atoms with Gasteiger partial charge in [-0.1, -0.05) is 46.9 Å². The molecule has 8 heteroatoms. The van der Waals surface area contributed by atoms with Crippen molar-refractivity contribution in [3.63, 3.8) is 0 Å². The Bertz CT molecular complexity index is 896. The summed E-state index contributed by atoms with van der Waals surface area (Å²) in [6.45, 7) is 0. The molecule has 0 aliphatic carbocycles. The molecule has 0 radical (unpaired) electrons. The summed E-state index contributed by atoms with van der Waals surface area (Å²) in [5.74, 6) is 0.0468. The van der Waals surface area contributed by atoms with E-state index < -0.39 is 5.91 Å². The van der Waals surface area contributed by atoms with E-state index in [9.17, 15) is 4.79 Å². The number of nitrogens with one attached hydrogen (secondary N) is 2. The molecule has 0 atom stereocenters. The Labute approximate surface area is 159 Å². The number of amides is 1. The molecule has 3 aromatic rings. The van der Waals surface area contributed by atoms with Gasteiger partial charge < -0.3 is 10.6 Å². The van der Waals surface area contributed by atoms with E-state index in [1.807, 2.05) is 0 Å². The zero-order chi connectivity index (χ0) is 17.8. The predicted molar refractivity (Wildman–Crippen MR) is 101 cm³/mol. The molecule has 2 aromatic carbocycles. The molecule has 0 saturated heterocycles. The number of nitrogens with zero attached hydrogens (tertiary/aromatic N) is 2. The molecule has 2 N–H and O–H groups in total. The van der Waals surface area contributed by atoms with Crippen molar-refractivity contribution in [1.82, 2.24) is 9.97 Å². The number of hydrogen-bond donors (Lipinski definition) is 2. The number of carbonyl (C=O) groups is 1. The van der Waals surface area contributed by atoms with Gasteiger partial charge in [-0.05, 0) is 30.3 Å². The van der Waals surface area contributed by atoms with Gasteiger partial charge >= 0.3 is 0 Å². The Balaban J connectivity index is 1.71. The quantitative estimate of drug-likeness (QED) is 0.620. The van der Waals surface area contributed by atoms with Crippen molar-refractivity contribution in [2.75, 3.05) is 10.6 Å². The first-order valence-electron chi connectivity index (χ1n) is 7.12. The maximum Gasteiger partial charge on any atom is 0.275 e. The smallest absolute Gasteiger partial charge is 0.275 e. The monoisotopic (exact) mass is 392 g/mol. The highest BCUT2D eigenvalue weighted by Gasteiger charge is 2.10. The van der Waals surface area contributed by atoms with E-state index in [2.05, 4.69) is 20.6 Å². The molecule has 1 amide bonds. The number of anilines is 3. The average Bonchev–Trinajstić information content (AvgIpc) is 2.56. The number of para-hydroxylation sites is 1. The van der Waals surface area contributed by atoms with Crippen LogP contribution in [-0.4, -0.2) is 15.9 Å². The van der Waals surface area contributed by atoms with E-state index in [0.29, 0.717) is 32.3 Å². The number of carbonyl (C=O) groups excluding carboxylic acids is 1. The van der Waals surface area contributed by atoms with Crippen molar-refractivity contribution in [1.29, 1.82) is 0 Å². The van der Waals surface area contributed by atoms with E-state index in [0.717, 1.165) is 0 Å². The van der Waals surface area contributed by atoms with Crippen LogP contribution in [0, 0.1) is 0 Å². The lowest BCUT2D eigenvalue weighted by Gasteiger charge is -2.08.